The zero-order valence-electron chi connectivity index (χ0n) is 7.72. The minimum atomic E-state index is 1.11. The summed E-state index contributed by atoms with van der Waals surface area (Å²) in [5.41, 5.74) is 1.11. The Morgan fingerprint density at radius 2 is 2.00 bits per heavy atom. The van der Waals surface area contributed by atoms with Gasteiger partial charge < -0.3 is 4.98 Å². The number of aryl methyl sites for hydroxylation is 1. The lowest BCUT2D eigenvalue weighted by Gasteiger charge is -1.79. The fourth-order valence-electron chi connectivity index (χ4n) is 0.679. The van der Waals surface area contributed by atoms with E-state index < -0.39 is 0 Å². The predicted molar refractivity (Wildman–Crippen MR) is 48.5 cm³/mol. The van der Waals surface area contributed by atoms with Gasteiger partial charge >= 0.3 is 0 Å². The summed E-state index contributed by atoms with van der Waals surface area (Å²) in [6.45, 7) is 6.39. The highest BCUT2D eigenvalue weighted by atomic mass is 14.8. The Balaban J connectivity index is 0.000000187. The van der Waals surface area contributed by atoms with Crippen LogP contribution in [0.3, 0.4) is 0 Å². The molecule has 11 heavy (non-hydrogen) atoms. The maximum Gasteiger partial charge on any atom is 0.0921 e. The molecular formula is C9H18N2. The molecule has 0 aliphatic carbocycles. The molecule has 1 N–H and O–H groups in total. The molecule has 0 aliphatic heterocycles. The standard InChI is InChI=1S/C5H12.C4H6N2/c1-3-5-4-2;1-4-2-5-3-6-4/h3-5H2,1-2H3;2-3H,1H3,(H,5,6). The van der Waals surface area contributed by atoms with Crippen molar-refractivity contribution in [1.29, 1.82) is 0 Å². The number of hydrogen-bond acceptors (Lipinski definition) is 1. The van der Waals surface area contributed by atoms with Crippen LogP contribution in [0.4, 0.5) is 0 Å². The van der Waals surface area contributed by atoms with Gasteiger partial charge in [0.15, 0.2) is 0 Å². The van der Waals surface area contributed by atoms with Gasteiger partial charge in [-0.05, 0) is 6.92 Å². The van der Waals surface area contributed by atoms with Crippen molar-refractivity contribution in [3.8, 4) is 0 Å². The Hall–Kier alpha value is -0.790. The molecule has 0 saturated heterocycles. The van der Waals surface area contributed by atoms with Crippen LogP contribution in [-0.4, -0.2) is 9.97 Å². The molecule has 1 aromatic rings. The number of rotatable bonds is 2. The average molecular weight is 154 g/mol. The molecule has 0 unspecified atom stereocenters. The fraction of sp³-hybridized carbons (Fsp3) is 0.667. The van der Waals surface area contributed by atoms with E-state index in [1.54, 1.807) is 12.5 Å². The first-order valence-corrected chi connectivity index (χ1v) is 4.26. The predicted octanol–water partition coefficient (Wildman–Crippen LogP) is 2.91. The topological polar surface area (TPSA) is 28.7 Å². The number of aromatic amines is 1. The molecule has 0 spiro atoms. The molecule has 0 fully saturated rings. The number of nitrogens with one attached hydrogen (secondary N) is 1. The monoisotopic (exact) mass is 154 g/mol. The molecule has 0 radical (unpaired) electrons. The maximum absolute atomic E-state index is 3.77. The van der Waals surface area contributed by atoms with Crippen molar-refractivity contribution >= 4 is 0 Å². The fourth-order valence-corrected chi connectivity index (χ4v) is 0.679. The summed E-state index contributed by atoms with van der Waals surface area (Å²) in [5, 5.41) is 0. The molecule has 1 rings (SSSR count). The molecule has 0 atom stereocenters. The Morgan fingerprint density at radius 3 is 2.09 bits per heavy atom. The first kappa shape index (κ1) is 10.2. The molecule has 1 aromatic heterocycles. The van der Waals surface area contributed by atoms with Crippen molar-refractivity contribution in [2.75, 3.05) is 0 Å². The summed E-state index contributed by atoms with van der Waals surface area (Å²) in [6, 6.07) is 0. The zero-order valence-corrected chi connectivity index (χ0v) is 7.72. The minimum absolute atomic E-state index is 1.11. The molecule has 0 saturated carbocycles. The second kappa shape index (κ2) is 7.32. The van der Waals surface area contributed by atoms with Crippen molar-refractivity contribution in [3.63, 3.8) is 0 Å². The minimum Gasteiger partial charge on any atom is -0.349 e. The molecule has 0 bridgehead atoms. The number of imidazole rings is 1. The Morgan fingerprint density at radius 1 is 1.36 bits per heavy atom. The lowest BCUT2D eigenvalue weighted by molar-refractivity contribution is 0.772. The molecule has 0 amide bonds. The van der Waals surface area contributed by atoms with Crippen molar-refractivity contribution in [1.82, 2.24) is 9.97 Å². The molecule has 64 valence electrons. The van der Waals surface area contributed by atoms with Crippen LogP contribution in [0.15, 0.2) is 12.5 Å². The highest BCUT2D eigenvalue weighted by molar-refractivity contribution is 4.87. The van der Waals surface area contributed by atoms with E-state index in [9.17, 15) is 0 Å². The summed E-state index contributed by atoms with van der Waals surface area (Å²) in [5.74, 6) is 0. The van der Waals surface area contributed by atoms with Gasteiger partial charge in [0.25, 0.3) is 0 Å². The third kappa shape index (κ3) is 7.10. The van der Waals surface area contributed by atoms with Crippen molar-refractivity contribution in [3.05, 3.63) is 18.2 Å². The maximum atomic E-state index is 3.77. The van der Waals surface area contributed by atoms with Crippen LogP contribution in [0.25, 0.3) is 0 Å². The number of hydrogen-bond donors (Lipinski definition) is 1. The van der Waals surface area contributed by atoms with Crippen LogP contribution in [0.5, 0.6) is 0 Å². The number of aromatic nitrogens is 2. The highest BCUT2D eigenvalue weighted by Crippen LogP contribution is 1.88. The smallest absolute Gasteiger partial charge is 0.0921 e. The van der Waals surface area contributed by atoms with E-state index in [4.69, 9.17) is 0 Å². The molecule has 2 nitrogen and oxygen atoms in total. The van der Waals surface area contributed by atoms with Gasteiger partial charge in [-0.2, -0.15) is 0 Å². The van der Waals surface area contributed by atoms with E-state index in [2.05, 4.69) is 23.8 Å². The van der Waals surface area contributed by atoms with E-state index >= 15 is 0 Å². The van der Waals surface area contributed by atoms with Crippen molar-refractivity contribution < 1.29 is 0 Å². The molecular weight excluding hydrogens is 136 g/mol. The Labute approximate surface area is 69.1 Å². The Kier molecular flexibility index (Phi) is 6.79. The van der Waals surface area contributed by atoms with Gasteiger partial charge in [-0.3, -0.25) is 0 Å². The zero-order chi connectivity index (χ0) is 8.53. The van der Waals surface area contributed by atoms with Gasteiger partial charge in [0, 0.05) is 11.9 Å². The third-order valence-electron chi connectivity index (χ3n) is 1.34. The summed E-state index contributed by atoms with van der Waals surface area (Å²) in [7, 11) is 0. The Bertz CT molecular complexity index is 143. The summed E-state index contributed by atoms with van der Waals surface area (Å²) in [4.78, 5) is 6.66. The van der Waals surface area contributed by atoms with Crippen LogP contribution in [0, 0.1) is 6.92 Å². The van der Waals surface area contributed by atoms with Crippen LogP contribution >= 0.6 is 0 Å². The summed E-state index contributed by atoms with van der Waals surface area (Å²) >= 11 is 0. The van der Waals surface area contributed by atoms with Crippen LogP contribution in [-0.2, 0) is 0 Å². The largest absolute Gasteiger partial charge is 0.349 e. The molecule has 0 aliphatic rings. The van der Waals surface area contributed by atoms with E-state index in [-0.39, 0.29) is 0 Å². The number of nitrogens with zero attached hydrogens (tertiary/aromatic N) is 1. The van der Waals surface area contributed by atoms with Gasteiger partial charge in [-0.25, -0.2) is 4.98 Å². The van der Waals surface area contributed by atoms with Gasteiger partial charge in [0.2, 0.25) is 0 Å². The van der Waals surface area contributed by atoms with Crippen molar-refractivity contribution in [2.45, 2.75) is 40.0 Å². The second-order valence-electron chi connectivity index (χ2n) is 2.59. The lowest BCUT2D eigenvalue weighted by atomic mass is 10.3. The third-order valence-corrected chi connectivity index (χ3v) is 1.34. The normalized spacial score (nSPS) is 8.64. The van der Waals surface area contributed by atoms with Gasteiger partial charge in [0.1, 0.15) is 0 Å². The van der Waals surface area contributed by atoms with E-state index in [0.717, 1.165) is 5.69 Å². The van der Waals surface area contributed by atoms with E-state index in [1.807, 2.05) is 6.92 Å². The van der Waals surface area contributed by atoms with Crippen LogP contribution in [0.2, 0.25) is 0 Å². The number of unbranched alkanes of at least 4 members (excludes halogenated alkanes) is 2. The van der Waals surface area contributed by atoms with Gasteiger partial charge in [0.05, 0.1) is 6.33 Å². The van der Waals surface area contributed by atoms with Crippen LogP contribution < -0.4 is 0 Å². The first-order chi connectivity index (χ1) is 5.31. The average Bonchev–Trinajstić information content (AvgIpc) is 2.43. The summed E-state index contributed by atoms with van der Waals surface area (Å²) in [6.07, 6.45) is 7.52. The second-order valence-corrected chi connectivity index (χ2v) is 2.59. The van der Waals surface area contributed by atoms with Gasteiger partial charge in [-0.15, -0.1) is 0 Å². The first-order valence-electron chi connectivity index (χ1n) is 4.26. The molecule has 0 aromatic carbocycles. The summed E-state index contributed by atoms with van der Waals surface area (Å²) < 4.78 is 0. The number of H-pyrrole nitrogens is 1. The molecule has 1 heterocycles. The quantitative estimate of drug-likeness (QED) is 0.697. The lowest BCUT2D eigenvalue weighted by Crippen LogP contribution is -1.59. The van der Waals surface area contributed by atoms with Gasteiger partial charge in [-0.1, -0.05) is 33.1 Å². The highest BCUT2D eigenvalue weighted by Gasteiger charge is 1.73. The van der Waals surface area contributed by atoms with E-state index in [0.29, 0.717) is 0 Å². The SMILES string of the molecule is CCCCC.Cc1cnc[nH]1. The van der Waals surface area contributed by atoms with Crippen molar-refractivity contribution in [2.24, 2.45) is 0 Å². The molecule has 2 heteroatoms. The van der Waals surface area contributed by atoms with E-state index in [1.165, 1.54) is 19.3 Å². The van der Waals surface area contributed by atoms with Crippen LogP contribution in [0.1, 0.15) is 38.8 Å².